The summed E-state index contributed by atoms with van der Waals surface area (Å²) in [5.74, 6) is 0.900. The van der Waals surface area contributed by atoms with Crippen LogP contribution >= 0.6 is 11.8 Å². The molecular formula is C14H26N4S. The molecule has 0 fully saturated rings. The molecule has 5 heteroatoms. The molecule has 0 saturated carbocycles. The Morgan fingerprint density at radius 3 is 2.53 bits per heavy atom. The lowest BCUT2D eigenvalue weighted by atomic mass is 10.2. The van der Waals surface area contributed by atoms with Crippen molar-refractivity contribution in [2.24, 2.45) is 4.99 Å². The molecule has 0 aromatic carbocycles. The van der Waals surface area contributed by atoms with Gasteiger partial charge < -0.3 is 15.2 Å². The van der Waals surface area contributed by atoms with Gasteiger partial charge in [-0.3, -0.25) is 4.99 Å². The molecule has 2 N–H and O–H groups in total. The molecule has 0 aliphatic heterocycles. The van der Waals surface area contributed by atoms with Crippen LogP contribution in [-0.4, -0.2) is 41.2 Å². The van der Waals surface area contributed by atoms with Gasteiger partial charge in [0.2, 0.25) is 0 Å². The first-order valence-electron chi connectivity index (χ1n) is 6.75. The second-order valence-electron chi connectivity index (χ2n) is 5.01. The van der Waals surface area contributed by atoms with Crippen LogP contribution < -0.4 is 10.6 Å². The highest BCUT2D eigenvalue weighted by molar-refractivity contribution is 7.99. The van der Waals surface area contributed by atoms with Gasteiger partial charge in [0.25, 0.3) is 0 Å². The first kappa shape index (κ1) is 16.0. The molecule has 0 spiro atoms. The summed E-state index contributed by atoms with van der Waals surface area (Å²) in [5, 5.41) is 6.64. The van der Waals surface area contributed by atoms with Gasteiger partial charge in [0.1, 0.15) is 0 Å². The third-order valence-electron chi connectivity index (χ3n) is 2.84. The van der Waals surface area contributed by atoms with Crippen LogP contribution in [0.15, 0.2) is 29.5 Å². The Hall–Kier alpha value is -1.10. The van der Waals surface area contributed by atoms with Crippen LogP contribution in [0, 0.1) is 0 Å². The first-order valence-corrected chi connectivity index (χ1v) is 7.98. The number of aromatic nitrogens is 1. The minimum atomic E-state index is 0.183. The molecule has 0 aliphatic rings. The number of aliphatic imine (C=N–C) groups is 1. The van der Waals surface area contributed by atoms with Gasteiger partial charge >= 0.3 is 0 Å². The quantitative estimate of drug-likeness (QED) is 0.595. The Morgan fingerprint density at radius 2 is 1.95 bits per heavy atom. The van der Waals surface area contributed by atoms with Gasteiger partial charge in [-0.25, -0.2) is 0 Å². The summed E-state index contributed by atoms with van der Waals surface area (Å²) in [7, 11) is 0. The van der Waals surface area contributed by atoms with Crippen LogP contribution in [-0.2, 0) is 6.54 Å². The molecule has 0 aliphatic carbocycles. The van der Waals surface area contributed by atoms with Crippen molar-refractivity contribution >= 4 is 17.7 Å². The summed E-state index contributed by atoms with van der Waals surface area (Å²) in [6, 6.07) is 4.08. The molecule has 19 heavy (non-hydrogen) atoms. The van der Waals surface area contributed by atoms with E-state index < -0.39 is 0 Å². The van der Waals surface area contributed by atoms with Gasteiger partial charge in [0.05, 0.1) is 6.54 Å². The van der Waals surface area contributed by atoms with Gasteiger partial charge in [-0.15, -0.1) is 0 Å². The van der Waals surface area contributed by atoms with Gasteiger partial charge in [0.15, 0.2) is 5.96 Å². The lowest BCUT2D eigenvalue weighted by molar-refractivity contribution is 0.659. The maximum atomic E-state index is 4.64. The molecule has 1 aromatic heterocycles. The number of thioether (sulfide) groups is 1. The average Bonchev–Trinajstić information content (AvgIpc) is 2.89. The van der Waals surface area contributed by atoms with Crippen LogP contribution in [0.3, 0.4) is 0 Å². The SMILES string of the molecule is CCNC(=NCC(C)(C)SC)NCCn1cccc1. The van der Waals surface area contributed by atoms with E-state index in [1.807, 2.05) is 23.9 Å². The lowest BCUT2D eigenvalue weighted by Gasteiger charge is -2.20. The fraction of sp³-hybridized carbons (Fsp3) is 0.643. The predicted molar refractivity (Wildman–Crippen MR) is 86.0 cm³/mol. The second-order valence-corrected chi connectivity index (χ2v) is 6.52. The van der Waals surface area contributed by atoms with E-state index in [-0.39, 0.29) is 4.75 Å². The Balaban J connectivity index is 2.41. The molecule has 1 aromatic rings. The van der Waals surface area contributed by atoms with Crippen molar-refractivity contribution in [3.63, 3.8) is 0 Å². The van der Waals surface area contributed by atoms with Crippen LogP contribution in [0.2, 0.25) is 0 Å². The first-order chi connectivity index (χ1) is 9.07. The maximum absolute atomic E-state index is 4.64. The number of hydrogen-bond donors (Lipinski definition) is 2. The highest BCUT2D eigenvalue weighted by Gasteiger charge is 2.15. The highest BCUT2D eigenvalue weighted by Crippen LogP contribution is 2.20. The van der Waals surface area contributed by atoms with Gasteiger partial charge in [-0.05, 0) is 39.2 Å². The summed E-state index contributed by atoms with van der Waals surface area (Å²) in [6.45, 7) is 10.0. The lowest BCUT2D eigenvalue weighted by Crippen LogP contribution is -2.39. The van der Waals surface area contributed by atoms with E-state index in [1.54, 1.807) is 0 Å². The molecule has 0 saturated heterocycles. The van der Waals surface area contributed by atoms with Gasteiger partial charge in [-0.1, -0.05) is 0 Å². The van der Waals surface area contributed by atoms with E-state index in [0.717, 1.165) is 32.1 Å². The number of nitrogens with one attached hydrogen (secondary N) is 2. The van der Waals surface area contributed by atoms with E-state index in [2.05, 4.69) is 59.6 Å². The zero-order chi connectivity index (χ0) is 14.1. The molecule has 0 radical (unpaired) electrons. The standard InChI is InChI=1S/C14H26N4S/c1-5-15-13(17-12-14(2,3)19-4)16-8-11-18-9-6-7-10-18/h6-7,9-10H,5,8,11-12H2,1-4H3,(H2,15,16,17). The molecule has 0 atom stereocenters. The Bertz CT molecular complexity index is 371. The molecule has 0 unspecified atom stereocenters. The van der Waals surface area contributed by atoms with Crippen LogP contribution in [0.5, 0.6) is 0 Å². The molecule has 0 bridgehead atoms. The monoisotopic (exact) mass is 282 g/mol. The summed E-state index contributed by atoms with van der Waals surface area (Å²) in [5.41, 5.74) is 0. The summed E-state index contributed by atoms with van der Waals surface area (Å²) in [4.78, 5) is 4.64. The number of nitrogens with zero attached hydrogens (tertiary/aromatic N) is 2. The molecular weight excluding hydrogens is 256 g/mol. The smallest absolute Gasteiger partial charge is 0.191 e. The van der Waals surface area contributed by atoms with E-state index >= 15 is 0 Å². The Morgan fingerprint density at radius 1 is 1.26 bits per heavy atom. The molecule has 1 rings (SSSR count). The summed E-state index contributed by atoms with van der Waals surface area (Å²) < 4.78 is 2.34. The third-order valence-corrected chi connectivity index (χ3v) is 4.08. The van der Waals surface area contributed by atoms with Gasteiger partial charge in [0, 0.05) is 36.8 Å². The van der Waals surface area contributed by atoms with E-state index in [1.165, 1.54) is 0 Å². The number of rotatable bonds is 7. The van der Waals surface area contributed by atoms with Crippen molar-refractivity contribution in [2.75, 3.05) is 25.9 Å². The molecule has 4 nitrogen and oxygen atoms in total. The molecule has 108 valence electrons. The van der Waals surface area contributed by atoms with E-state index in [0.29, 0.717) is 0 Å². The zero-order valence-electron chi connectivity index (χ0n) is 12.4. The van der Waals surface area contributed by atoms with Crippen molar-refractivity contribution < 1.29 is 0 Å². The second kappa shape index (κ2) is 8.15. The molecule has 0 amide bonds. The predicted octanol–water partition coefficient (Wildman–Crippen LogP) is 2.18. The summed E-state index contributed by atoms with van der Waals surface area (Å²) >= 11 is 1.84. The zero-order valence-corrected chi connectivity index (χ0v) is 13.3. The van der Waals surface area contributed by atoms with Crippen molar-refractivity contribution in [1.29, 1.82) is 0 Å². The van der Waals surface area contributed by atoms with Crippen molar-refractivity contribution in [3.8, 4) is 0 Å². The van der Waals surface area contributed by atoms with Crippen LogP contribution in [0.25, 0.3) is 0 Å². The fourth-order valence-corrected chi connectivity index (χ4v) is 1.69. The minimum Gasteiger partial charge on any atom is -0.357 e. The van der Waals surface area contributed by atoms with Crippen molar-refractivity contribution in [3.05, 3.63) is 24.5 Å². The van der Waals surface area contributed by atoms with Crippen LogP contribution in [0.1, 0.15) is 20.8 Å². The molecule has 1 heterocycles. The normalized spacial score (nSPS) is 12.5. The third kappa shape index (κ3) is 6.57. The fourth-order valence-electron chi connectivity index (χ4n) is 1.50. The van der Waals surface area contributed by atoms with Gasteiger partial charge in [-0.2, -0.15) is 11.8 Å². The number of hydrogen-bond acceptors (Lipinski definition) is 2. The topological polar surface area (TPSA) is 41.4 Å². The minimum absolute atomic E-state index is 0.183. The van der Waals surface area contributed by atoms with Crippen molar-refractivity contribution in [1.82, 2.24) is 15.2 Å². The largest absolute Gasteiger partial charge is 0.357 e. The van der Waals surface area contributed by atoms with E-state index in [4.69, 9.17) is 0 Å². The van der Waals surface area contributed by atoms with E-state index in [9.17, 15) is 0 Å². The number of guanidine groups is 1. The average molecular weight is 282 g/mol. The van der Waals surface area contributed by atoms with Crippen molar-refractivity contribution in [2.45, 2.75) is 32.1 Å². The van der Waals surface area contributed by atoms with Crippen LogP contribution in [0.4, 0.5) is 0 Å². The summed E-state index contributed by atoms with van der Waals surface area (Å²) in [6.07, 6.45) is 6.27. The maximum Gasteiger partial charge on any atom is 0.191 e. The highest BCUT2D eigenvalue weighted by atomic mass is 32.2. The Kier molecular flexibility index (Phi) is 6.84. The Labute approximate surface area is 121 Å².